The lowest BCUT2D eigenvalue weighted by Gasteiger charge is -2.32. The molecule has 6 heteroatoms. The van der Waals surface area contributed by atoms with Gasteiger partial charge in [0.2, 0.25) is 5.91 Å². The third-order valence-electron chi connectivity index (χ3n) is 5.10. The molecule has 0 aromatic heterocycles. The van der Waals surface area contributed by atoms with Crippen molar-refractivity contribution in [3.63, 3.8) is 0 Å². The third-order valence-corrected chi connectivity index (χ3v) is 5.10. The zero-order valence-corrected chi connectivity index (χ0v) is 15.3. The number of likely N-dealkylation sites (tertiary alicyclic amines) is 1. The fourth-order valence-corrected chi connectivity index (χ4v) is 3.38. The minimum Gasteiger partial charge on any atom is -0.496 e. The molecule has 2 aliphatic rings. The Morgan fingerprint density at radius 1 is 1.00 bits per heavy atom. The van der Waals surface area contributed by atoms with E-state index >= 15 is 0 Å². The Morgan fingerprint density at radius 2 is 1.60 bits per heavy atom. The standard InChI is InChI=1S/C19H28N2O4/c1-23-16-11-18(25-3)17(24-2)10-14(16)12-20-15-6-8-21(9-7-15)19(22)13-4-5-13/h10-11,13,15,20H,4-9,12H2,1-3H3. The molecule has 6 nitrogen and oxygen atoms in total. The summed E-state index contributed by atoms with van der Waals surface area (Å²) in [6.45, 7) is 2.41. The minimum absolute atomic E-state index is 0.320. The highest BCUT2D eigenvalue weighted by molar-refractivity contribution is 5.81. The lowest BCUT2D eigenvalue weighted by Crippen LogP contribution is -2.45. The molecule has 2 fully saturated rings. The fourth-order valence-electron chi connectivity index (χ4n) is 3.38. The van der Waals surface area contributed by atoms with Gasteiger partial charge in [0.15, 0.2) is 11.5 Å². The Bertz CT molecular complexity index is 608. The van der Waals surface area contributed by atoms with E-state index in [4.69, 9.17) is 14.2 Å². The molecule has 0 bridgehead atoms. The molecule has 0 spiro atoms. The van der Waals surface area contributed by atoms with Crippen LogP contribution in [0, 0.1) is 5.92 Å². The number of ether oxygens (including phenoxy) is 3. The molecule has 1 aliphatic heterocycles. The van der Waals surface area contributed by atoms with Crippen LogP contribution in [0.2, 0.25) is 0 Å². The number of nitrogens with zero attached hydrogens (tertiary/aromatic N) is 1. The van der Waals surface area contributed by atoms with Crippen LogP contribution in [-0.4, -0.2) is 51.3 Å². The molecule has 1 N–H and O–H groups in total. The summed E-state index contributed by atoms with van der Waals surface area (Å²) in [6.07, 6.45) is 4.15. The maximum Gasteiger partial charge on any atom is 0.225 e. The van der Waals surface area contributed by atoms with Crippen molar-refractivity contribution in [1.29, 1.82) is 0 Å². The molecule has 25 heavy (non-hydrogen) atoms. The number of methoxy groups -OCH3 is 3. The quantitative estimate of drug-likeness (QED) is 0.819. The van der Waals surface area contributed by atoms with Crippen LogP contribution in [-0.2, 0) is 11.3 Å². The van der Waals surface area contributed by atoms with Gasteiger partial charge in [-0.05, 0) is 31.7 Å². The molecule has 3 rings (SSSR count). The molecule has 1 heterocycles. The second-order valence-electron chi connectivity index (χ2n) is 6.77. The molecule has 1 saturated carbocycles. The van der Waals surface area contributed by atoms with E-state index < -0.39 is 0 Å². The number of nitrogens with one attached hydrogen (secondary N) is 1. The lowest BCUT2D eigenvalue weighted by atomic mass is 10.0. The smallest absolute Gasteiger partial charge is 0.225 e. The van der Waals surface area contributed by atoms with Crippen LogP contribution in [0.4, 0.5) is 0 Å². The second-order valence-corrected chi connectivity index (χ2v) is 6.77. The molecular weight excluding hydrogens is 320 g/mol. The van der Waals surface area contributed by atoms with Crippen LogP contribution >= 0.6 is 0 Å². The van der Waals surface area contributed by atoms with Crippen molar-refractivity contribution >= 4 is 5.91 Å². The van der Waals surface area contributed by atoms with Gasteiger partial charge < -0.3 is 24.4 Å². The molecule has 0 unspecified atom stereocenters. The van der Waals surface area contributed by atoms with Gasteiger partial charge in [-0.1, -0.05) is 0 Å². The van der Waals surface area contributed by atoms with E-state index in [1.807, 2.05) is 17.0 Å². The Kier molecular flexibility index (Phi) is 5.68. The highest BCUT2D eigenvalue weighted by atomic mass is 16.5. The molecule has 1 amide bonds. The zero-order chi connectivity index (χ0) is 17.8. The number of amides is 1. The van der Waals surface area contributed by atoms with Gasteiger partial charge in [-0.2, -0.15) is 0 Å². The van der Waals surface area contributed by atoms with Crippen LogP contribution in [0.5, 0.6) is 17.2 Å². The van der Waals surface area contributed by atoms with Gasteiger partial charge >= 0.3 is 0 Å². The maximum atomic E-state index is 12.1. The van der Waals surface area contributed by atoms with E-state index in [0.717, 1.165) is 50.1 Å². The Labute approximate surface area is 149 Å². The zero-order valence-electron chi connectivity index (χ0n) is 15.3. The third kappa shape index (κ3) is 4.18. The van der Waals surface area contributed by atoms with E-state index in [1.54, 1.807) is 21.3 Å². The summed E-state index contributed by atoms with van der Waals surface area (Å²) >= 11 is 0. The molecule has 0 radical (unpaired) electrons. The summed E-state index contributed by atoms with van der Waals surface area (Å²) in [7, 11) is 4.91. The van der Waals surface area contributed by atoms with Gasteiger partial charge in [0.1, 0.15) is 5.75 Å². The van der Waals surface area contributed by atoms with Crippen molar-refractivity contribution in [2.24, 2.45) is 5.92 Å². The van der Waals surface area contributed by atoms with Crippen molar-refractivity contribution in [2.75, 3.05) is 34.4 Å². The van der Waals surface area contributed by atoms with E-state index in [0.29, 0.717) is 35.9 Å². The van der Waals surface area contributed by atoms with E-state index in [-0.39, 0.29) is 0 Å². The summed E-state index contributed by atoms with van der Waals surface area (Å²) in [6, 6.07) is 4.23. The molecule has 1 aromatic carbocycles. The molecule has 0 atom stereocenters. The van der Waals surface area contributed by atoms with Gasteiger partial charge in [-0.25, -0.2) is 0 Å². The van der Waals surface area contributed by atoms with Gasteiger partial charge in [0.05, 0.1) is 21.3 Å². The number of hydrogen-bond acceptors (Lipinski definition) is 5. The first-order valence-electron chi connectivity index (χ1n) is 8.97. The predicted octanol–water partition coefficient (Wildman–Crippen LogP) is 2.20. The van der Waals surface area contributed by atoms with Crippen molar-refractivity contribution < 1.29 is 19.0 Å². The number of carbonyl (C=O) groups excluding carboxylic acids is 1. The Morgan fingerprint density at radius 3 is 2.16 bits per heavy atom. The molecule has 1 saturated heterocycles. The van der Waals surface area contributed by atoms with Crippen molar-refractivity contribution in [3.8, 4) is 17.2 Å². The van der Waals surface area contributed by atoms with Gasteiger partial charge in [0, 0.05) is 43.2 Å². The topological polar surface area (TPSA) is 60.0 Å². The number of piperidine rings is 1. The Balaban J connectivity index is 1.55. The van der Waals surface area contributed by atoms with Crippen LogP contribution in [0.3, 0.4) is 0 Å². The first-order chi connectivity index (χ1) is 12.2. The summed E-state index contributed by atoms with van der Waals surface area (Å²) in [4.78, 5) is 14.2. The number of carbonyl (C=O) groups is 1. The SMILES string of the molecule is COc1cc(OC)c(OC)cc1CNC1CCN(C(=O)C2CC2)CC1. The number of hydrogen-bond donors (Lipinski definition) is 1. The lowest BCUT2D eigenvalue weighted by molar-refractivity contribution is -0.133. The molecule has 138 valence electrons. The van der Waals surface area contributed by atoms with Crippen LogP contribution in [0.15, 0.2) is 12.1 Å². The van der Waals surface area contributed by atoms with Crippen molar-refractivity contribution in [1.82, 2.24) is 10.2 Å². The molecule has 1 aliphatic carbocycles. The van der Waals surface area contributed by atoms with Gasteiger partial charge in [0.25, 0.3) is 0 Å². The first kappa shape index (κ1) is 17.9. The monoisotopic (exact) mass is 348 g/mol. The van der Waals surface area contributed by atoms with Gasteiger partial charge in [-0.3, -0.25) is 4.79 Å². The molecule has 1 aromatic rings. The number of rotatable bonds is 7. The first-order valence-corrected chi connectivity index (χ1v) is 8.97. The van der Waals surface area contributed by atoms with Crippen LogP contribution < -0.4 is 19.5 Å². The van der Waals surface area contributed by atoms with Crippen LogP contribution in [0.25, 0.3) is 0 Å². The van der Waals surface area contributed by atoms with E-state index in [1.165, 1.54) is 0 Å². The second kappa shape index (κ2) is 7.95. The Hall–Kier alpha value is -1.95. The minimum atomic E-state index is 0.320. The fraction of sp³-hybridized carbons (Fsp3) is 0.632. The average molecular weight is 348 g/mol. The normalized spacial score (nSPS) is 18.1. The summed E-state index contributed by atoms with van der Waals surface area (Å²) in [5.41, 5.74) is 1.04. The van der Waals surface area contributed by atoms with Gasteiger partial charge in [-0.15, -0.1) is 0 Å². The summed E-state index contributed by atoms with van der Waals surface area (Å²) < 4.78 is 16.2. The molecular formula is C19H28N2O4. The highest BCUT2D eigenvalue weighted by Crippen LogP contribution is 2.35. The van der Waals surface area contributed by atoms with Crippen molar-refractivity contribution in [2.45, 2.75) is 38.3 Å². The highest BCUT2D eigenvalue weighted by Gasteiger charge is 2.34. The van der Waals surface area contributed by atoms with E-state index in [2.05, 4.69) is 5.32 Å². The van der Waals surface area contributed by atoms with E-state index in [9.17, 15) is 4.79 Å². The summed E-state index contributed by atoms with van der Waals surface area (Å²) in [5, 5.41) is 3.59. The average Bonchev–Trinajstić information content (AvgIpc) is 3.50. The number of benzene rings is 1. The predicted molar refractivity (Wildman–Crippen MR) is 95.3 cm³/mol. The van der Waals surface area contributed by atoms with Crippen LogP contribution in [0.1, 0.15) is 31.2 Å². The largest absolute Gasteiger partial charge is 0.496 e. The van der Waals surface area contributed by atoms with Crippen molar-refractivity contribution in [3.05, 3.63) is 17.7 Å². The summed E-state index contributed by atoms with van der Waals surface area (Å²) in [5.74, 6) is 2.83. The maximum absolute atomic E-state index is 12.1.